The molecule has 44 heavy (non-hydrogen) atoms. The van der Waals surface area contributed by atoms with Gasteiger partial charge in [0.25, 0.3) is 0 Å². The topological polar surface area (TPSA) is 96.9 Å². The first-order chi connectivity index (χ1) is 21.4. The van der Waals surface area contributed by atoms with Crippen LogP contribution in [0.25, 0.3) is 6.08 Å². The third-order valence-corrected chi connectivity index (χ3v) is 10.1. The van der Waals surface area contributed by atoms with E-state index in [0.29, 0.717) is 38.9 Å². The Kier molecular flexibility index (Phi) is 11.2. The average molecular weight is 615 g/mol. The monoisotopic (exact) mass is 614 g/mol. The highest BCUT2D eigenvalue weighted by atomic mass is 32.2. The molecule has 3 aromatic carbocycles. The average Bonchev–Trinajstić information content (AvgIpc) is 3.57. The molecule has 2 aliphatic rings. The lowest BCUT2D eigenvalue weighted by Gasteiger charge is -2.45. The van der Waals surface area contributed by atoms with E-state index in [4.69, 9.17) is 9.47 Å². The number of carbonyl (C=O) groups excluding carboxylic acids is 2. The van der Waals surface area contributed by atoms with Crippen molar-refractivity contribution >= 4 is 29.8 Å². The van der Waals surface area contributed by atoms with Gasteiger partial charge in [-0.05, 0) is 54.9 Å². The number of alkyl carbamates (subject to hydrolysis) is 1. The molecule has 2 heterocycles. The molecule has 0 spiro atoms. The minimum absolute atomic E-state index is 0.147. The van der Waals surface area contributed by atoms with E-state index in [1.165, 1.54) is 5.56 Å². The van der Waals surface area contributed by atoms with Crippen LogP contribution >= 0.6 is 11.8 Å². The third kappa shape index (κ3) is 8.31. The number of allylic oxidation sites excluding steroid dienone is 1. The van der Waals surface area contributed by atoms with Crippen LogP contribution in [0.2, 0.25) is 0 Å². The van der Waals surface area contributed by atoms with Crippen LogP contribution in [0.15, 0.2) is 95.9 Å². The maximum Gasteiger partial charge on any atom is 0.407 e. The lowest BCUT2D eigenvalue weighted by Crippen LogP contribution is -2.61. The summed E-state index contributed by atoms with van der Waals surface area (Å²) in [6.45, 7) is 0.917. The van der Waals surface area contributed by atoms with Crippen LogP contribution < -0.4 is 10.6 Å². The molecule has 5 atom stereocenters. The quantitative estimate of drug-likeness (QED) is 0.238. The molecule has 3 N–H and O–H groups in total. The predicted molar refractivity (Wildman–Crippen MR) is 174 cm³/mol. The summed E-state index contributed by atoms with van der Waals surface area (Å²) in [5, 5.41) is 18.6. The number of hydrogen-bond donors (Lipinski definition) is 3. The van der Waals surface area contributed by atoms with E-state index in [-0.39, 0.29) is 23.7 Å². The minimum Gasteiger partial charge on any atom is -0.444 e. The number of carbonyl (C=O) groups is 2. The number of nitrogens with one attached hydrogen (secondary N) is 2. The van der Waals surface area contributed by atoms with Gasteiger partial charge in [0.1, 0.15) is 6.10 Å². The molecule has 0 saturated carbocycles. The molecule has 2 amide bonds. The largest absolute Gasteiger partial charge is 0.444 e. The molecule has 0 bridgehead atoms. The Morgan fingerprint density at radius 1 is 1.05 bits per heavy atom. The van der Waals surface area contributed by atoms with Gasteiger partial charge < -0.3 is 25.2 Å². The summed E-state index contributed by atoms with van der Waals surface area (Å²) < 4.78 is 11.1. The fourth-order valence-electron chi connectivity index (χ4n) is 6.12. The summed E-state index contributed by atoms with van der Waals surface area (Å²) in [7, 11) is 1.63. The normalized spacial score (nSPS) is 20.7. The van der Waals surface area contributed by atoms with E-state index in [9.17, 15) is 14.7 Å². The smallest absolute Gasteiger partial charge is 0.407 e. The molecule has 232 valence electrons. The zero-order valence-electron chi connectivity index (χ0n) is 25.2. The molecule has 7 nitrogen and oxygen atoms in total. The van der Waals surface area contributed by atoms with Crippen molar-refractivity contribution in [1.82, 2.24) is 10.6 Å². The first-order valence-corrected chi connectivity index (χ1v) is 16.3. The molecule has 3 aromatic rings. The van der Waals surface area contributed by atoms with Crippen LogP contribution in [0.4, 0.5) is 4.79 Å². The Morgan fingerprint density at radius 3 is 2.50 bits per heavy atom. The van der Waals surface area contributed by atoms with Crippen molar-refractivity contribution < 1.29 is 24.2 Å². The van der Waals surface area contributed by atoms with Crippen LogP contribution in [0.5, 0.6) is 0 Å². The van der Waals surface area contributed by atoms with Gasteiger partial charge in [0.2, 0.25) is 5.91 Å². The lowest BCUT2D eigenvalue weighted by molar-refractivity contribution is -0.127. The van der Waals surface area contributed by atoms with Crippen LogP contribution in [-0.4, -0.2) is 60.4 Å². The van der Waals surface area contributed by atoms with E-state index < -0.39 is 23.7 Å². The second-order valence-corrected chi connectivity index (χ2v) is 12.8. The summed E-state index contributed by atoms with van der Waals surface area (Å²) >= 11 is 1.63. The summed E-state index contributed by atoms with van der Waals surface area (Å²) in [4.78, 5) is 27.8. The highest BCUT2D eigenvalue weighted by Crippen LogP contribution is 2.44. The summed E-state index contributed by atoms with van der Waals surface area (Å²) in [6.07, 6.45) is 6.22. The van der Waals surface area contributed by atoms with Crippen molar-refractivity contribution in [2.24, 2.45) is 5.92 Å². The van der Waals surface area contributed by atoms with Crippen LogP contribution in [0, 0.1) is 5.92 Å². The van der Waals surface area contributed by atoms with E-state index in [0.717, 1.165) is 22.4 Å². The van der Waals surface area contributed by atoms with E-state index in [1.807, 2.05) is 84.9 Å². The van der Waals surface area contributed by atoms with Gasteiger partial charge in [-0.1, -0.05) is 91.0 Å². The van der Waals surface area contributed by atoms with Gasteiger partial charge >= 0.3 is 6.09 Å². The van der Waals surface area contributed by atoms with Crippen molar-refractivity contribution in [1.29, 1.82) is 0 Å². The first kappa shape index (κ1) is 31.8. The fourth-order valence-corrected chi connectivity index (χ4v) is 7.61. The van der Waals surface area contributed by atoms with E-state index in [2.05, 4.69) is 22.8 Å². The Hall–Kier alpha value is -3.59. The second kappa shape index (κ2) is 15.4. The van der Waals surface area contributed by atoms with Gasteiger partial charge in [-0.25, -0.2) is 4.79 Å². The molecule has 2 aliphatic heterocycles. The molecule has 8 heteroatoms. The van der Waals surface area contributed by atoms with Crippen molar-refractivity contribution in [2.45, 2.75) is 66.4 Å². The van der Waals surface area contributed by atoms with Crippen LogP contribution in [0.1, 0.15) is 42.4 Å². The molecule has 0 radical (unpaired) electrons. The fraction of sp³-hybridized carbons (Fsp3) is 0.389. The Bertz CT molecular complexity index is 1400. The number of thioether (sulfide) groups is 1. The Balaban J connectivity index is 1.48. The molecule has 0 aromatic heterocycles. The van der Waals surface area contributed by atoms with Gasteiger partial charge in [0, 0.05) is 29.5 Å². The summed E-state index contributed by atoms with van der Waals surface area (Å²) in [5.74, 6) is -0.673. The number of benzene rings is 3. The van der Waals surface area contributed by atoms with Crippen LogP contribution in [0.3, 0.4) is 0 Å². The van der Waals surface area contributed by atoms with Crippen LogP contribution in [-0.2, 0) is 27.1 Å². The SMILES string of the molecule is CNC(=O)[C@H](CC=Cc1ccccc1)C[C@@](O)(C1CCc2ccccc2S1)[C@H](Cc1ccccc1)NC(=O)O[C@H]1CCOC1. The third-order valence-electron chi connectivity index (χ3n) is 8.54. The minimum atomic E-state index is -1.45. The summed E-state index contributed by atoms with van der Waals surface area (Å²) in [6, 6.07) is 27.3. The molecule has 0 aliphatic carbocycles. The number of amides is 2. The molecule has 1 unspecified atom stereocenters. The van der Waals surface area contributed by atoms with Gasteiger partial charge in [0.15, 0.2) is 0 Å². The van der Waals surface area contributed by atoms with Gasteiger partial charge in [-0.2, -0.15) is 0 Å². The number of ether oxygens (including phenoxy) is 2. The van der Waals surface area contributed by atoms with E-state index in [1.54, 1.807) is 18.8 Å². The van der Waals surface area contributed by atoms with Gasteiger partial charge in [0.05, 0.1) is 24.9 Å². The van der Waals surface area contributed by atoms with Gasteiger partial charge in [-0.15, -0.1) is 11.8 Å². The molecule has 5 rings (SSSR count). The zero-order valence-corrected chi connectivity index (χ0v) is 26.0. The molecular weight excluding hydrogens is 572 g/mol. The highest BCUT2D eigenvalue weighted by Gasteiger charge is 2.48. The predicted octanol–water partition coefficient (Wildman–Crippen LogP) is 5.81. The van der Waals surface area contributed by atoms with E-state index >= 15 is 0 Å². The Labute approximate surface area is 264 Å². The zero-order chi connectivity index (χ0) is 30.8. The second-order valence-electron chi connectivity index (χ2n) is 11.6. The summed E-state index contributed by atoms with van der Waals surface area (Å²) in [5.41, 5.74) is 1.82. The highest BCUT2D eigenvalue weighted by molar-refractivity contribution is 8.00. The van der Waals surface area contributed by atoms with Crippen molar-refractivity contribution in [3.8, 4) is 0 Å². The molecule has 1 saturated heterocycles. The number of aliphatic hydroxyl groups is 1. The number of fused-ring (bicyclic) bond motifs is 1. The number of hydrogen-bond acceptors (Lipinski definition) is 6. The molecule has 1 fully saturated rings. The number of aryl methyl sites for hydroxylation is 1. The molecular formula is C36H42N2O5S. The van der Waals surface area contributed by atoms with Crippen molar-refractivity contribution in [2.75, 3.05) is 20.3 Å². The lowest BCUT2D eigenvalue weighted by atomic mass is 9.76. The maximum absolute atomic E-state index is 13.4. The standard InChI is InChI=1S/C36H42N2O5S/c1-37-34(39)29(17-10-15-26-11-4-2-5-12-26)24-36(41,33-20-19-28-16-8-9-18-31(28)44-33)32(23-27-13-6-3-7-14-27)38-35(40)43-30-21-22-42-25-30/h2-16,18,29-30,32-33,41H,17,19-25H2,1H3,(H,37,39)(H,38,40)/t29-,30+,32+,33?,36+/m1/s1. The van der Waals surface area contributed by atoms with Crippen molar-refractivity contribution in [3.05, 3.63) is 108 Å². The van der Waals surface area contributed by atoms with Gasteiger partial charge in [-0.3, -0.25) is 4.79 Å². The maximum atomic E-state index is 13.4. The van der Waals surface area contributed by atoms with Crippen molar-refractivity contribution in [3.63, 3.8) is 0 Å². The first-order valence-electron chi connectivity index (χ1n) is 15.4. The Morgan fingerprint density at radius 2 is 1.77 bits per heavy atom. The number of rotatable bonds is 12.